The summed E-state index contributed by atoms with van der Waals surface area (Å²) in [6, 6.07) is 16.7. The zero-order chi connectivity index (χ0) is 20.5. The Balaban J connectivity index is 1.64. The predicted molar refractivity (Wildman–Crippen MR) is 116 cm³/mol. The van der Waals surface area contributed by atoms with Crippen LogP contribution in [0.25, 0.3) is 22.6 Å². The molecule has 0 atom stereocenters. The highest BCUT2D eigenvalue weighted by Crippen LogP contribution is 2.31. The van der Waals surface area contributed by atoms with Gasteiger partial charge in [0.05, 0.1) is 16.1 Å². The largest absolute Gasteiger partial charge is 0.436 e. The summed E-state index contributed by atoms with van der Waals surface area (Å²) in [4.78, 5) is 27.5. The van der Waals surface area contributed by atoms with Gasteiger partial charge in [-0.05, 0) is 68.3 Å². The fraction of sp³-hybridized carbons (Fsp3) is 0. The minimum Gasteiger partial charge on any atom is -0.436 e. The third-order valence-corrected chi connectivity index (χ3v) is 5.54. The summed E-state index contributed by atoms with van der Waals surface area (Å²) in [6.07, 6.45) is 0. The number of hydrogen-bond acceptors (Lipinski definition) is 5. The highest BCUT2D eigenvalue weighted by molar-refractivity contribution is 9.10. The van der Waals surface area contributed by atoms with Gasteiger partial charge in [-0.1, -0.05) is 12.1 Å². The molecule has 1 aromatic heterocycles. The number of carbonyl (C=O) groups excluding carboxylic acids is 1. The molecular formula is C20H11Br2N3O4. The quantitative estimate of drug-likeness (QED) is 0.258. The van der Waals surface area contributed by atoms with E-state index in [-0.39, 0.29) is 11.3 Å². The molecule has 7 nitrogen and oxygen atoms in total. The number of fused-ring (bicyclic) bond motifs is 1. The van der Waals surface area contributed by atoms with E-state index in [1.807, 2.05) is 24.3 Å². The van der Waals surface area contributed by atoms with E-state index in [1.54, 1.807) is 18.2 Å². The fourth-order valence-corrected chi connectivity index (χ4v) is 3.64. The number of oxazole rings is 1. The van der Waals surface area contributed by atoms with Gasteiger partial charge in [-0.25, -0.2) is 4.98 Å². The Labute approximate surface area is 181 Å². The number of rotatable bonds is 4. The van der Waals surface area contributed by atoms with Crippen molar-refractivity contribution >= 4 is 60.2 Å². The molecule has 0 saturated heterocycles. The summed E-state index contributed by atoms with van der Waals surface area (Å²) in [5.74, 6) is -0.0215. The number of nitro groups is 1. The Morgan fingerprint density at radius 3 is 2.59 bits per heavy atom. The van der Waals surface area contributed by atoms with Crippen molar-refractivity contribution in [1.29, 1.82) is 0 Å². The SMILES string of the molecule is O=C(Nc1ccc2oc(-c3ccccc3Br)nc2c1)c1cc([N+](=O)[O-])ccc1Br. The number of anilines is 1. The molecule has 0 spiro atoms. The maximum absolute atomic E-state index is 12.6. The molecule has 0 aliphatic carbocycles. The third kappa shape index (κ3) is 3.92. The first-order chi connectivity index (χ1) is 13.9. The molecule has 29 heavy (non-hydrogen) atoms. The molecule has 9 heteroatoms. The standard InChI is InChI=1S/C20H11Br2N3O4/c21-15-4-2-1-3-13(15)20-24-17-9-11(5-8-18(17)29-20)23-19(26)14-10-12(25(27)28)6-7-16(14)22/h1-10H,(H,23,26). The maximum atomic E-state index is 12.6. The third-order valence-electron chi connectivity index (χ3n) is 4.16. The summed E-state index contributed by atoms with van der Waals surface area (Å²) in [6.45, 7) is 0. The fourth-order valence-electron chi connectivity index (χ4n) is 2.75. The maximum Gasteiger partial charge on any atom is 0.270 e. The molecule has 3 aromatic carbocycles. The van der Waals surface area contributed by atoms with E-state index in [0.717, 1.165) is 10.0 Å². The number of hydrogen-bond donors (Lipinski definition) is 1. The Morgan fingerprint density at radius 2 is 1.83 bits per heavy atom. The van der Waals surface area contributed by atoms with E-state index >= 15 is 0 Å². The van der Waals surface area contributed by atoms with Crippen molar-refractivity contribution in [2.45, 2.75) is 0 Å². The average molecular weight is 517 g/mol. The van der Waals surface area contributed by atoms with Crippen LogP contribution in [-0.4, -0.2) is 15.8 Å². The van der Waals surface area contributed by atoms with E-state index in [2.05, 4.69) is 42.2 Å². The molecule has 4 aromatic rings. The van der Waals surface area contributed by atoms with E-state index in [9.17, 15) is 14.9 Å². The normalized spacial score (nSPS) is 10.8. The second-order valence-electron chi connectivity index (χ2n) is 6.06. The Kier molecular flexibility index (Phi) is 5.16. The van der Waals surface area contributed by atoms with Gasteiger partial charge >= 0.3 is 0 Å². The van der Waals surface area contributed by atoms with Crippen molar-refractivity contribution in [3.05, 3.63) is 85.3 Å². The first kappa shape index (κ1) is 19.3. The number of benzene rings is 3. The Hall–Kier alpha value is -3.04. The molecule has 0 fully saturated rings. The van der Waals surface area contributed by atoms with Crippen molar-refractivity contribution in [1.82, 2.24) is 4.98 Å². The summed E-state index contributed by atoms with van der Waals surface area (Å²) in [5.41, 5.74) is 2.45. The van der Waals surface area contributed by atoms with Crippen molar-refractivity contribution in [2.75, 3.05) is 5.32 Å². The van der Waals surface area contributed by atoms with Gasteiger partial charge in [0.25, 0.3) is 11.6 Å². The molecule has 0 radical (unpaired) electrons. The van der Waals surface area contributed by atoms with Crippen LogP contribution >= 0.6 is 31.9 Å². The lowest BCUT2D eigenvalue weighted by atomic mass is 10.2. The minimum absolute atomic E-state index is 0.161. The Bertz CT molecular complexity index is 1270. The number of nitrogens with zero attached hydrogens (tertiary/aromatic N) is 2. The molecule has 144 valence electrons. The van der Waals surface area contributed by atoms with Crippen molar-refractivity contribution in [3.63, 3.8) is 0 Å². The topological polar surface area (TPSA) is 98.3 Å². The van der Waals surface area contributed by atoms with Crippen LogP contribution in [0.4, 0.5) is 11.4 Å². The van der Waals surface area contributed by atoms with Crippen molar-refractivity contribution in [2.24, 2.45) is 0 Å². The van der Waals surface area contributed by atoms with Gasteiger partial charge in [-0.3, -0.25) is 14.9 Å². The monoisotopic (exact) mass is 515 g/mol. The van der Waals surface area contributed by atoms with Gasteiger partial charge in [-0.15, -0.1) is 0 Å². The lowest BCUT2D eigenvalue weighted by Gasteiger charge is -2.06. The van der Waals surface area contributed by atoms with Gasteiger partial charge < -0.3 is 9.73 Å². The summed E-state index contributed by atoms with van der Waals surface area (Å²) in [7, 11) is 0. The highest BCUT2D eigenvalue weighted by atomic mass is 79.9. The second kappa shape index (κ2) is 7.76. The zero-order valence-corrected chi connectivity index (χ0v) is 17.7. The second-order valence-corrected chi connectivity index (χ2v) is 7.77. The van der Waals surface area contributed by atoms with Crippen molar-refractivity contribution in [3.8, 4) is 11.5 Å². The lowest BCUT2D eigenvalue weighted by molar-refractivity contribution is -0.384. The highest BCUT2D eigenvalue weighted by Gasteiger charge is 2.17. The lowest BCUT2D eigenvalue weighted by Crippen LogP contribution is -2.12. The molecule has 1 heterocycles. The first-order valence-corrected chi connectivity index (χ1v) is 9.92. The van der Waals surface area contributed by atoms with Crippen LogP contribution in [0.5, 0.6) is 0 Å². The van der Waals surface area contributed by atoms with E-state index in [0.29, 0.717) is 27.2 Å². The molecule has 1 amide bonds. The minimum atomic E-state index is -0.548. The summed E-state index contributed by atoms with van der Waals surface area (Å²) in [5, 5.41) is 13.7. The first-order valence-electron chi connectivity index (χ1n) is 8.33. The molecule has 1 N–H and O–H groups in total. The summed E-state index contributed by atoms with van der Waals surface area (Å²) >= 11 is 6.73. The van der Waals surface area contributed by atoms with Gasteiger partial charge in [0, 0.05) is 26.8 Å². The average Bonchev–Trinajstić information content (AvgIpc) is 3.11. The molecule has 0 bridgehead atoms. The van der Waals surface area contributed by atoms with Crippen LogP contribution in [0.1, 0.15) is 10.4 Å². The number of nitro benzene ring substituents is 1. The molecule has 0 aliphatic heterocycles. The van der Waals surface area contributed by atoms with Gasteiger partial charge in [0.1, 0.15) is 5.52 Å². The van der Waals surface area contributed by atoms with E-state index < -0.39 is 10.8 Å². The van der Waals surface area contributed by atoms with E-state index in [1.165, 1.54) is 18.2 Å². The van der Waals surface area contributed by atoms with E-state index in [4.69, 9.17) is 4.42 Å². The van der Waals surface area contributed by atoms with Crippen LogP contribution < -0.4 is 5.32 Å². The Morgan fingerprint density at radius 1 is 1.03 bits per heavy atom. The van der Waals surface area contributed by atoms with Gasteiger partial charge in [-0.2, -0.15) is 0 Å². The number of non-ortho nitro benzene ring substituents is 1. The smallest absolute Gasteiger partial charge is 0.270 e. The van der Waals surface area contributed by atoms with Gasteiger partial charge in [0.15, 0.2) is 5.58 Å². The number of halogens is 2. The number of carbonyl (C=O) groups is 1. The van der Waals surface area contributed by atoms with Crippen molar-refractivity contribution < 1.29 is 14.1 Å². The molecule has 4 rings (SSSR count). The molecule has 0 aliphatic rings. The molecule has 0 unspecified atom stereocenters. The number of aromatic nitrogens is 1. The number of nitrogens with one attached hydrogen (secondary N) is 1. The zero-order valence-electron chi connectivity index (χ0n) is 14.6. The van der Waals surface area contributed by atoms with Gasteiger partial charge in [0.2, 0.25) is 5.89 Å². The van der Waals surface area contributed by atoms with Crippen LogP contribution in [0.2, 0.25) is 0 Å². The summed E-state index contributed by atoms with van der Waals surface area (Å²) < 4.78 is 7.12. The van der Waals surface area contributed by atoms with Crippen LogP contribution in [0.15, 0.2) is 74.0 Å². The number of amides is 1. The van der Waals surface area contributed by atoms with Crippen LogP contribution in [-0.2, 0) is 0 Å². The predicted octanol–water partition coefficient (Wildman–Crippen LogP) is 6.18. The van der Waals surface area contributed by atoms with Crippen LogP contribution in [0.3, 0.4) is 0 Å². The molecular weight excluding hydrogens is 506 g/mol. The van der Waals surface area contributed by atoms with Crippen LogP contribution in [0, 0.1) is 10.1 Å². The molecule has 0 saturated carbocycles.